The zero-order chi connectivity index (χ0) is 16.0. The molecule has 2 unspecified atom stereocenters. The van der Waals surface area contributed by atoms with E-state index in [0.29, 0.717) is 11.8 Å². The summed E-state index contributed by atoms with van der Waals surface area (Å²) in [6.45, 7) is 2.23. The molecule has 0 aromatic heterocycles. The lowest BCUT2D eigenvalue weighted by atomic mass is 9.79. The van der Waals surface area contributed by atoms with Crippen LogP contribution in [-0.2, 0) is 4.79 Å². The molecule has 0 aromatic rings. The van der Waals surface area contributed by atoms with Crippen LogP contribution in [-0.4, -0.2) is 37.2 Å². The van der Waals surface area contributed by atoms with Crippen molar-refractivity contribution < 1.29 is 22.8 Å². The number of amides is 3. The Kier molecular flexibility index (Phi) is 6.29. The number of carbonyl (C=O) groups excluding carboxylic acids is 2. The first-order chi connectivity index (χ1) is 9.69. The van der Waals surface area contributed by atoms with Crippen LogP contribution in [0.4, 0.5) is 18.0 Å². The van der Waals surface area contributed by atoms with Gasteiger partial charge >= 0.3 is 12.2 Å². The number of hydrogen-bond donors (Lipinski definition) is 3. The molecule has 3 N–H and O–H groups in total. The second-order valence-electron chi connectivity index (χ2n) is 5.63. The Hall–Kier alpha value is -1.47. The van der Waals surface area contributed by atoms with Gasteiger partial charge in [0.1, 0.15) is 6.54 Å². The summed E-state index contributed by atoms with van der Waals surface area (Å²) < 4.78 is 35.7. The first-order valence-electron chi connectivity index (χ1n) is 7.07. The molecule has 1 aliphatic rings. The standard InChI is InChI=1S/C13H22F3N3O2/c1-8-4-3-5-9(2)11(8)19-12(21)17-6-10(20)18-7-13(14,15)16/h8-9,11H,3-7H2,1-2H3,(H,18,20)(H2,17,19,21). The monoisotopic (exact) mass is 309 g/mol. The molecule has 0 spiro atoms. The fraction of sp³-hybridized carbons (Fsp3) is 0.846. The Labute approximate surface area is 122 Å². The number of halogens is 3. The van der Waals surface area contributed by atoms with Crippen molar-refractivity contribution in [2.75, 3.05) is 13.1 Å². The number of hydrogen-bond acceptors (Lipinski definition) is 2. The fourth-order valence-corrected chi connectivity index (χ4v) is 2.59. The minimum Gasteiger partial charge on any atom is -0.345 e. The zero-order valence-electron chi connectivity index (χ0n) is 12.2. The lowest BCUT2D eigenvalue weighted by Gasteiger charge is -2.35. The second-order valence-corrected chi connectivity index (χ2v) is 5.63. The van der Waals surface area contributed by atoms with Crippen molar-refractivity contribution in [3.8, 4) is 0 Å². The van der Waals surface area contributed by atoms with Crippen molar-refractivity contribution in [1.82, 2.24) is 16.0 Å². The van der Waals surface area contributed by atoms with E-state index in [0.717, 1.165) is 19.3 Å². The topological polar surface area (TPSA) is 70.2 Å². The Morgan fingerprint density at radius 3 is 2.19 bits per heavy atom. The van der Waals surface area contributed by atoms with Crippen molar-refractivity contribution in [2.24, 2.45) is 11.8 Å². The van der Waals surface area contributed by atoms with Crippen molar-refractivity contribution in [2.45, 2.75) is 45.3 Å². The van der Waals surface area contributed by atoms with Gasteiger partial charge in [-0.15, -0.1) is 0 Å². The maximum Gasteiger partial charge on any atom is 0.405 e. The summed E-state index contributed by atoms with van der Waals surface area (Å²) in [5, 5.41) is 6.76. The highest BCUT2D eigenvalue weighted by Gasteiger charge is 2.29. The summed E-state index contributed by atoms with van der Waals surface area (Å²) in [4.78, 5) is 22.8. The van der Waals surface area contributed by atoms with Gasteiger partial charge in [-0.3, -0.25) is 4.79 Å². The van der Waals surface area contributed by atoms with Crippen LogP contribution in [0.3, 0.4) is 0 Å². The maximum absolute atomic E-state index is 11.9. The van der Waals surface area contributed by atoms with Crippen molar-refractivity contribution in [3.05, 3.63) is 0 Å². The molecule has 0 aromatic carbocycles. The van der Waals surface area contributed by atoms with E-state index in [2.05, 4.69) is 24.5 Å². The van der Waals surface area contributed by atoms with Gasteiger partial charge in [-0.05, 0) is 24.7 Å². The van der Waals surface area contributed by atoms with E-state index in [4.69, 9.17) is 0 Å². The second kappa shape index (κ2) is 7.51. The van der Waals surface area contributed by atoms with Gasteiger partial charge in [-0.25, -0.2) is 4.79 Å². The third kappa shape index (κ3) is 6.68. The van der Waals surface area contributed by atoms with E-state index in [1.54, 1.807) is 5.32 Å². The predicted octanol–water partition coefficient (Wildman–Crippen LogP) is 1.79. The molecule has 1 saturated carbocycles. The van der Waals surface area contributed by atoms with Gasteiger partial charge in [-0.2, -0.15) is 13.2 Å². The van der Waals surface area contributed by atoms with Gasteiger partial charge in [0.05, 0.1) is 6.54 Å². The summed E-state index contributed by atoms with van der Waals surface area (Å²) in [5.74, 6) is -0.177. The average Bonchev–Trinajstić information content (AvgIpc) is 2.37. The first kappa shape index (κ1) is 17.6. The molecule has 1 aliphatic carbocycles. The summed E-state index contributed by atoms with van der Waals surface area (Å²) in [5.41, 5.74) is 0. The van der Waals surface area contributed by atoms with E-state index in [9.17, 15) is 22.8 Å². The molecule has 2 atom stereocenters. The Morgan fingerprint density at radius 2 is 1.67 bits per heavy atom. The Balaban J connectivity index is 2.28. The largest absolute Gasteiger partial charge is 0.405 e. The van der Waals surface area contributed by atoms with Crippen molar-refractivity contribution in [1.29, 1.82) is 0 Å². The van der Waals surface area contributed by atoms with Crippen LogP contribution < -0.4 is 16.0 Å². The van der Waals surface area contributed by atoms with Gasteiger partial charge in [0.15, 0.2) is 0 Å². The maximum atomic E-state index is 11.9. The lowest BCUT2D eigenvalue weighted by Crippen LogP contribution is -2.51. The van der Waals surface area contributed by atoms with Crippen LogP contribution in [0.1, 0.15) is 33.1 Å². The highest BCUT2D eigenvalue weighted by Crippen LogP contribution is 2.28. The van der Waals surface area contributed by atoms with Crippen LogP contribution in [0.2, 0.25) is 0 Å². The fourth-order valence-electron chi connectivity index (χ4n) is 2.59. The SMILES string of the molecule is CC1CCCC(C)C1NC(=O)NCC(=O)NCC(F)(F)F. The summed E-state index contributed by atoms with van der Waals surface area (Å²) in [6.07, 6.45) is -1.27. The number of alkyl halides is 3. The number of carbonyl (C=O) groups is 2. The molecule has 1 fully saturated rings. The van der Waals surface area contributed by atoms with E-state index in [-0.39, 0.29) is 6.04 Å². The van der Waals surface area contributed by atoms with Gasteiger partial charge in [0.25, 0.3) is 0 Å². The highest BCUT2D eigenvalue weighted by molar-refractivity contribution is 5.84. The molecule has 8 heteroatoms. The van der Waals surface area contributed by atoms with Crippen molar-refractivity contribution >= 4 is 11.9 Å². The van der Waals surface area contributed by atoms with Gasteiger partial charge in [-0.1, -0.05) is 20.3 Å². The third-order valence-corrected chi connectivity index (χ3v) is 3.74. The van der Waals surface area contributed by atoms with E-state index < -0.39 is 31.2 Å². The van der Waals surface area contributed by atoms with Crippen LogP contribution in [0.15, 0.2) is 0 Å². The van der Waals surface area contributed by atoms with Crippen molar-refractivity contribution in [3.63, 3.8) is 0 Å². The normalized spacial score (nSPS) is 26.0. The highest BCUT2D eigenvalue weighted by atomic mass is 19.4. The molecule has 0 aliphatic heterocycles. The van der Waals surface area contributed by atoms with E-state index >= 15 is 0 Å². The minimum atomic E-state index is -4.45. The summed E-state index contributed by atoms with van der Waals surface area (Å²) >= 11 is 0. The number of nitrogens with one attached hydrogen (secondary N) is 3. The van der Waals surface area contributed by atoms with Gasteiger partial charge in [0.2, 0.25) is 5.91 Å². The molecule has 122 valence electrons. The first-order valence-corrected chi connectivity index (χ1v) is 7.07. The molecule has 0 heterocycles. The van der Waals surface area contributed by atoms with Gasteiger partial charge < -0.3 is 16.0 Å². The average molecular weight is 309 g/mol. The van der Waals surface area contributed by atoms with Crippen LogP contribution in [0.5, 0.6) is 0 Å². The third-order valence-electron chi connectivity index (χ3n) is 3.74. The van der Waals surface area contributed by atoms with Crippen LogP contribution in [0, 0.1) is 11.8 Å². The predicted molar refractivity (Wildman–Crippen MR) is 71.6 cm³/mol. The van der Waals surface area contributed by atoms with Crippen LogP contribution in [0.25, 0.3) is 0 Å². The van der Waals surface area contributed by atoms with E-state index in [1.807, 2.05) is 0 Å². The molecule has 5 nitrogen and oxygen atoms in total. The molecular weight excluding hydrogens is 287 g/mol. The van der Waals surface area contributed by atoms with Gasteiger partial charge in [0, 0.05) is 6.04 Å². The molecule has 0 saturated heterocycles. The molecule has 1 rings (SSSR count). The summed E-state index contributed by atoms with van der Waals surface area (Å²) in [7, 11) is 0. The quantitative estimate of drug-likeness (QED) is 0.741. The Bertz CT molecular complexity index is 364. The Morgan fingerprint density at radius 1 is 1.10 bits per heavy atom. The van der Waals surface area contributed by atoms with Crippen LogP contribution >= 0.6 is 0 Å². The molecule has 3 amide bonds. The smallest absolute Gasteiger partial charge is 0.345 e. The summed E-state index contributed by atoms with van der Waals surface area (Å²) in [6, 6.07) is -0.500. The molecule has 0 bridgehead atoms. The number of rotatable bonds is 4. The molecule has 0 radical (unpaired) electrons. The zero-order valence-corrected chi connectivity index (χ0v) is 12.2. The molecule has 21 heavy (non-hydrogen) atoms. The lowest BCUT2D eigenvalue weighted by molar-refractivity contribution is -0.137. The molecular formula is C13H22F3N3O2. The van der Waals surface area contributed by atoms with E-state index in [1.165, 1.54) is 0 Å². The minimum absolute atomic E-state index is 0.0250. The number of urea groups is 1.